The van der Waals surface area contributed by atoms with E-state index in [1.807, 2.05) is 17.8 Å². The zero-order valence-electron chi connectivity index (χ0n) is 11.7. The summed E-state index contributed by atoms with van der Waals surface area (Å²) in [6.07, 6.45) is 2.34. The van der Waals surface area contributed by atoms with E-state index in [1.165, 1.54) is 6.42 Å². The molecule has 0 saturated carbocycles. The molecular formula is C16H21NO2S. The molecule has 1 aromatic carbocycles. The van der Waals surface area contributed by atoms with Crippen LogP contribution in [0.15, 0.2) is 29.2 Å². The third-order valence-corrected chi connectivity index (χ3v) is 5.58. The van der Waals surface area contributed by atoms with Crippen LogP contribution in [0.2, 0.25) is 0 Å². The standard InChI is InChI=1S/C16H21NO2S/c1-2-3-11-9-20-15-8-17-7-12(16(11)15)10-4-5-13(18)14(19)6-10/h4-6,9,12,15-19H,2-3,7-8H2,1H3/t12-,15?,16?/m0/s1. The predicted octanol–water partition coefficient (Wildman–Crippen LogP) is 3.20. The normalized spacial score (nSPS) is 29.1. The van der Waals surface area contributed by atoms with Crippen LogP contribution in [0.1, 0.15) is 31.2 Å². The quantitative estimate of drug-likeness (QED) is 0.749. The molecule has 0 amide bonds. The summed E-state index contributed by atoms with van der Waals surface area (Å²) in [7, 11) is 0. The van der Waals surface area contributed by atoms with Gasteiger partial charge in [0.1, 0.15) is 0 Å². The summed E-state index contributed by atoms with van der Waals surface area (Å²) in [5.41, 5.74) is 2.67. The number of allylic oxidation sites excluding steroid dienone is 1. The van der Waals surface area contributed by atoms with Crippen LogP contribution in [0.3, 0.4) is 0 Å². The first-order valence-electron chi connectivity index (χ1n) is 7.27. The maximum atomic E-state index is 9.75. The van der Waals surface area contributed by atoms with E-state index in [9.17, 15) is 10.2 Å². The maximum Gasteiger partial charge on any atom is 0.157 e. The Bertz CT molecular complexity index is 529. The molecule has 1 fully saturated rings. The fourth-order valence-electron chi connectivity index (χ4n) is 3.39. The molecule has 3 N–H and O–H groups in total. The molecule has 2 aliphatic rings. The second kappa shape index (κ2) is 5.70. The van der Waals surface area contributed by atoms with Crippen molar-refractivity contribution in [1.82, 2.24) is 5.32 Å². The van der Waals surface area contributed by atoms with E-state index in [0.717, 1.165) is 25.1 Å². The van der Waals surface area contributed by atoms with E-state index in [2.05, 4.69) is 17.6 Å². The number of rotatable bonds is 3. The van der Waals surface area contributed by atoms with Gasteiger partial charge < -0.3 is 15.5 Å². The number of phenols is 2. The number of phenolic OH excluding ortho intramolecular Hbond substituents is 2. The molecule has 2 unspecified atom stereocenters. The second-order valence-electron chi connectivity index (χ2n) is 5.66. The molecule has 2 heterocycles. The molecule has 1 aromatic rings. The van der Waals surface area contributed by atoms with Crippen molar-refractivity contribution in [3.63, 3.8) is 0 Å². The van der Waals surface area contributed by atoms with Crippen molar-refractivity contribution in [1.29, 1.82) is 0 Å². The number of piperidine rings is 1. The molecule has 20 heavy (non-hydrogen) atoms. The summed E-state index contributed by atoms with van der Waals surface area (Å²) in [4.78, 5) is 0. The molecule has 3 atom stereocenters. The molecule has 108 valence electrons. The van der Waals surface area contributed by atoms with Crippen LogP contribution in [-0.2, 0) is 0 Å². The monoisotopic (exact) mass is 291 g/mol. The largest absolute Gasteiger partial charge is 0.504 e. The highest BCUT2D eigenvalue weighted by atomic mass is 32.2. The van der Waals surface area contributed by atoms with Gasteiger partial charge in [0.2, 0.25) is 0 Å². The highest BCUT2D eigenvalue weighted by Gasteiger charge is 2.39. The van der Waals surface area contributed by atoms with Crippen LogP contribution in [0.5, 0.6) is 11.5 Å². The smallest absolute Gasteiger partial charge is 0.157 e. The van der Waals surface area contributed by atoms with Gasteiger partial charge in [0.25, 0.3) is 0 Å². The Labute approximate surface area is 124 Å². The lowest BCUT2D eigenvalue weighted by molar-refractivity contribution is 0.369. The van der Waals surface area contributed by atoms with Crippen molar-refractivity contribution in [3.05, 3.63) is 34.7 Å². The van der Waals surface area contributed by atoms with E-state index < -0.39 is 0 Å². The summed E-state index contributed by atoms with van der Waals surface area (Å²) < 4.78 is 0. The average Bonchev–Trinajstić information content (AvgIpc) is 2.86. The fourth-order valence-corrected chi connectivity index (χ4v) is 4.76. The van der Waals surface area contributed by atoms with E-state index in [-0.39, 0.29) is 11.5 Å². The number of hydrogen-bond donors (Lipinski definition) is 3. The van der Waals surface area contributed by atoms with Crippen molar-refractivity contribution in [2.24, 2.45) is 5.92 Å². The molecule has 0 spiro atoms. The molecule has 1 saturated heterocycles. The van der Waals surface area contributed by atoms with Crippen LogP contribution in [0, 0.1) is 5.92 Å². The van der Waals surface area contributed by atoms with Gasteiger partial charge in [0, 0.05) is 30.2 Å². The van der Waals surface area contributed by atoms with Crippen molar-refractivity contribution in [2.45, 2.75) is 30.9 Å². The minimum Gasteiger partial charge on any atom is -0.504 e. The molecule has 0 aliphatic carbocycles. The van der Waals surface area contributed by atoms with E-state index in [4.69, 9.17) is 0 Å². The lowest BCUT2D eigenvalue weighted by Gasteiger charge is -2.36. The van der Waals surface area contributed by atoms with Crippen LogP contribution in [0.25, 0.3) is 0 Å². The molecule has 0 aromatic heterocycles. The Balaban J connectivity index is 1.90. The second-order valence-corrected chi connectivity index (χ2v) is 6.77. The minimum absolute atomic E-state index is 0.0173. The number of hydrogen-bond acceptors (Lipinski definition) is 4. The Morgan fingerprint density at radius 3 is 2.85 bits per heavy atom. The van der Waals surface area contributed by atoms with E-state index in [0.29, 0.717) is 17.1 Å². The number of thioether (sulfide) groups is 1. The number of nitrogens with one attached hydrogen (secondary N) is 1. The number of benzene rings is 1. The molecule has 0 bridgehead atoms. The fraction of sp³-hybridized carbons (Fsp3) is 0.500. The Morgan fingerprint density at radius 2 is 2.10 bits per heavy atom. The number of fused-ring (bicyclic) bond motifs is 1. The SMILES string of the molecule is CCCC1=CSC2CNC[C@@H](c3ccc(O)c(O)c3)C12. The highest BCUT2D eigenvalue weighted by molar-refractivity contribution is 8.03. The van der Waals surface area contributed by atoms with Gasteiger partial charge >= 0.3 is 0 Å². The van der Waals surface area contributed by atoms with Gasteiger partial charge in [-0.15, -0.1) is 11.8 Å². The first kappa shape index (κ1) is 13.8. The third kappa shape index (κ3) is 2.42. The molecule has 0 radical (unpaired) electrons. The maximum absolute atomic E-state index is 9.75. The van der Waals surface area contributed by atoms with E-state index in [1.54, 1.807) is 17.7 Å². The van der Waals surface area contributed by atoms with Crippen LogP contribution < -0.4 is 5.32 Å². The van der Waals surface area contributed by atoms with Crippen molar-refractivity contribution < 1.29 is 10.2 Å². The van der Waals surface area contributed by atoms with Gasteiger partial charge in [0.15, 0.2) is 11.5 Å². The van der Waals surface area contributed by atoms with Crippen LogP contribution in [-0.4, -0.2) is 28.6 Å². The molecule has 4 heteroatoms. The van der Waals surface area contributed by atoms with Crippen LogP contribution >= 0.6 is 11.8 Å². The third-order valence-electron chi connectivity index (χ3n) is 4.33. The van der Waals surface area contributed by atoms with Gasteiger partial charge in [0.05, 0.1) is 0 Å². The van der Waals surface area contributed by atoms with Crippen molar-refractivity contribution >= 4 is 11.8 Å². The summed E-state index contributed by atoms with van der Waals surface area (Å²) in [6, 6.07) is 5.26. The van der Waals surface area contributed by atoms with Crippen LogP contribution in [0.4, 0.5) is 0 Å². The molecule has 3 nitrogen and oxygen atoms in total. The predicted molar refractivity (Wildman–Crippen MR) is 83.2 cm³/mol. The topological polar surface area (TPSA) is 52.5 Å². The lowest BCUT2D eigenvalue weighted by Crippen LogP contribution is -2.43. The summed E-state index contributed by atoms with van der Waals surface area (Å²) in [6.45, 7) is 4.22. The Kier molecular flexibility index (Phi) is 3.94. The van der Waals surface area contributed by atoms with Gasteiger partial charge in [-0.3, -0.25) is 0 Å². The van der Waals surface area contributed by atoms with Gasteiger partial charge in [-0.2, -0.15) is 0 Å². The number of aromatic hydroxyl groups is 2. The Morgan fingerprint density at radius 1 is 1.25 bits per heavy atom. The summed E-state index contributed by atoms with van der Waals surface area (Å²) in [5, 5.41) is 25.7. The first-order chi connectivity index (χ1) is 9.70. The summed E-state index contributed by atoms with van der Waals surface area (Å²) in [5.74, 6) is 0.883. The summed E-state index contributed by atoms with van der Waals surface area (Å²) >= 11 is 1.94. The minimum atomic E-state index is -0.0424. The molecule has 2 aliphatic heterocycles. The van der Waals surface area contributed by atoms with Crippen molar-refractivity contribution in [3.8, 4) is 11.5 Å². The van der Waals surface area contributed by atoms with E-state index >= 15 is 0 Å². The lowest BCUT2D eigenvalue weighted by atomic mass is 9.76. The average molecular weight is 291 g/mol. The highest BCUT2D eigenvalue weighted by Crippen LogP contribution is 2.47. The molecular weight excluding hydrogens is 270 g/mol. The first-order valence-corrected chi connectivity index (χ1v) is 8.22. The molecule has 3 rings (SSSR count). The van der Waals surface area contributed by atoms with Crippen molar-refractivity contribution in [2.75, 3.05) is 13.1 Å². The van der Waals surface area contributed by atoms with Gasteiger partial charge in [-0.25, -0.2) is 0 Å². The van der Waals surface area contributed by atoms with Gasteiger partial charge in [-0.05, 0) is 29.5 Å². The van der Waals surface area contributed by atoms with Gasteiger partial charge in [-0.1, -0.05) is 25.0 Å². The Hall–Kier alpha value is -1.13. The zero-order chi connectivity index (χ0) is 14.1. The zero-order valence-corrected chi connectivity index (χ0v) is 12.5.